The molecular weight excluding hydrogens is 310 g/mol. The molecule has 3 amide bonds. The highest BCUT2D eigenvalue weighted by Gasteiger charge is 2.40. The summed E-state index contributed by atoms with van der Waals surface area (Å²) in [5.41, 5.74) is 0.267. The highest BCUT2D eigenvalue weighted by atomic mass is 16.2. The lowest BCUT2D eigenvalue weighted by Gasteiger charge is -2.22. The van der Waals surface area contributed by atoms with E-state index >= 15 is 0 Å². The zero-order chi connectivity index (χ0) is 17.3. The van der Waals surface area contributed by atoms with Gasteiger partial charge in [0.15, 0.2) is 0 Å². The van der Waals surface area contributed by atoms with Crippen LogP contribution in [0.1, 0.15) is 49.6 Å². The van der Waals surface area contributed by atoms with Gasteiger partial charge in [-0.3, -0.25) is 24.0 Å². The number of hydrogen-bond acceptors (Lipinski definition) is 5. The second-order valence-corrected chi connectivity index (χ2v) is 6.61. The summed E-state index contributed by atoms with van der Waals surface area (Å²) in [5.74, 6) is -1.02. The lowest BCUT2D eigenvalue weighted by atomic mass is 10.1. The average molecular weight is 333 g/mol. The van der Waals surface area contributed by atoms with E-state index in [0.29, 0.717) is 0 Å². The van der Waals surface area contributed by atoms with E-state index in [4.69, 9.17) is 0 Å². The Hall–Kier alpha value is -2.22. The number of piperidine rings is 1. The molecular formula is C16H23N5O3. The fraction of sp³-hybridized carbons (Fsp3) is 0.625. The molecule has 2 unspecified atom stereocenters. The van der Waals surface area contributed by atoms with Crippen LogP contribution in [0.5, 0.6) is 0 Å². The Balaban J connectivity index is 1.64. The van der Waals surface area contributed by atoms with Crippen molar-refractivity contribution in [3.05, 3.63) is 18.0 Å². The van der Waals surface area contributed by atoms with Gasteiger partial charge in [-0.15, -0.1) is 0 Å². The van der Waals surface area contributed by atoms with Gasteiger partial charge >= 0.3 is 0 Å². The first-order valence-electron chi connectivity index (χ1n) is 8.40. The van der Waals surface area contributed by atoms with Crippen LogP contribution < -0.4 is 10.6 Å². The SMILES string of the molecule is CC(C)N1C(=O)CC(NC(=O)c2ccn(C3CCCNC3)n2)C1=O. The van der Waals surface area contributed by atoms with E-state index in [2.05, 4.69) is 15.7 Å². The van der Waals surface area contributed by atoms with Crippen molar-refractivity contribution in [2.75, 3.05) is 13.1 Å². The Morgan fingerprint density at radius 3 is 2.83 bits per heavy atom. The van der Waals surface area contributed by atoms with E-state index < -0.39 is 11.9 Å². The number of carbonyl (C=O) groups is 3. The van der Waals surface area contributed by atoms with E-state index in [9.17, 15) is 14.4 Å². The second kappa shape index (κ2) is 6.72. The molecule has 2 atom stereocenters. The summed E-state index contributed by atoms with van der Waals surface area (Å²) < 4.78 is 1.79. The second-order valence-electron chi connectivity index (χ2n) is 6.61. The summed E-state index contributed by atoms with van der Waals surface area (Å²) in [7, 11) is 0. The zero-order valence-corrected chi connectivity index (χ0v) is 14.0. The molecule has 8 heteroatoms. The number of likely N-dealkylation sites (tertiary alicyclic amines) is 1. The van der Waals surface area contributed by atoms with Gasteiger partial charge in [0, 0.05) is 18.8 Å². The van der Waals surface area contributed by atoms with Crippen molar-refractivity contribution in [1.82, 2.24) is 25.3 Å². The maximum Gasteiger partial charge on any atom is 0.272 e. The fourth-order valence-electron chi connectivity index (χ4n) is 3.26. The number of aromatic nitrogens is 2. The van der Waals surface area contributed by atoms with Crippen LogP contribution in [0.25, 0.3) is 0 Å². The van der Waals surface area contributed by atoms with Crippen LogP contribution in [-0.4, -0.2) is 57.6 Å². The fourth-order valence-corrected chi connectivity index (χ4v) is 3.26. The van der Waals surface area contributed by atoms with Crippen molar-refractivity contribution in [3.63, 3.8) is 0 Å². The molecule has 2 saturated heterocycles. The summed E-state index contributed by atoms with van der Waals surface area (Å²) in [6.45, 7) is 5.40. The lowest BCUT2D eigenvalue weighted by Crippen LogP contribution is -2.44. The van der Waals surface area contributed by atoms with E-state index in [-0.39, 0.29) is 36.0 Å². The summed E-state index contributed by atoms with van der Waals surface area (Å²) in [6.07, 6.45) is 3.90. The highest BCUT2D eigenvalue weighted by Crippen LogP contribution is 2.18. The minimum absolute atomic E-state index is 0.00993. The quantitative estimate of drug-likeness (QED) is 0.760. The third-order valence-corrected chi connectivity index (χ3v) is 4.49. The van der Waals surface area contributed by atoms with Crippen LogP contribution in [0, 0.1) is 0 Å². The molecule has 2 aliphatic heterocycles. The van der Waals surface area contributed by atoms with E-state index in [1.165, 1.54) is 4.90 Å². The molecule has 2 aliphatic rings. The van der Waals surface area contributed by atoms with Gasteiger partial charge in [-0.05, 0) is 39.3 Å². The molecule has 0 saturated carbocycles. The van der Waals surface area contributed by atoms with Crippen LogP contribution in [0.4, 0.5) is 0 Å². The molecule has 0 aliphatic carbocycles. The predicted octanol–water partition coefficient (Wildman–Crippen LogP) is 0.0733. The van der Waals surface area contributed by atoms with Gasteiger partial charge < -0.3 is 10.6 Å². The molecule has 130 valence electrons. The molecule has 0 radical (unpaired) electrons. The molecule has 24 heavy (non-hydrogen) atoms. The van der Waals surface area contributed by atoms with Crippen LogP contribution >= 0.6 is 0 Å². The van der Waals surface area contributed by atoms with Crippen LogP contribution in [-0.2, 0) is 9.59 Å². The smallest absolute Gasteiger partial charge is 0.272 e. The summed E-state index contributed by atoms with van der Waals surface area (Å²) in [4.78, 5) is 37.7. The van der Waals surface area contributed by atoms with Gasteiger partial charge in [-0.2, -0.15) is 5.10 Å². The number of nitrogens with zero attached hydrogens (tertiary/aromatic N) is 3. The number of nitrogens with one attached hydrogen (secondary N) is 2. The minimum Gasteiger partial charge on any atom is -0.338 e. The van der Waals surface area contributed by atoms with Crippen LogP contribution in [0.2, 0.25) is 0 Å². The van der Waals surface area contributed by atoms with Gasteiger partial charge in [0.05, 0.1) is 12.5 Å². The van der Waals surface area contributed by atoms with Crippen LogP contribution in [0.3, 0.4) is 0 Å². The standard InChI is InChI=1S/C16H23N5O3/c1-10(2)21-14(22)8-13(16(21)24)18-15(23)12-5-7-20(19-12)11-4-3-6-17-9-11/h5,7,10-11,13,17H,3-4,6,8-9H2,1-2H3,(H,18,23). The lowest BCUT2D eigenvalue weighted by molar-refractivity contribution is -0.140. The molecule has 8 nitrogen and oxygen atoms in total. The van der Waals surface area contributed by atoms with Crippen molar-refractivity contribution >= 4 is 17.7 Å². The van der Waals surface area contributed by atoms with Crippen molar-refractivity contribution in [3.8, 4) is 0 Å². The first kappa shape index (κ1) is 16.6. The van der Waals surface area contributed by atoms with Crippen molar-refractivity contribution in [1.29, 1.82) is 0 Å². The Labute approximate surface area is 140 Å². The first-order chi connectivity index (χ1) is 11.5. The number of hydrogen-bond donors (Lipinski definition) is 2. The third-order valence-electron chi connectivity index (χ3n) is 4.49. The van der Waals surface area contributed by atoms with E-state index in [1.807, 2.05) is 0 Å². The normalized spacial score (nSPS) is 24.7. The van der Waals surface area contributed by atoms with Gasteiger partial charge in [0.25, 0.3) is 11.8 Å². The van der Waals surface area contributed by atoms with Gasteiger partial charge in [0.1, 0.15) is 11.7 Å². The molecule has 2 N–H and O–H groups in total. The van der Waals surface area contributed by atoms with Crippen molar-refractivity contribution in [2.45, 2.75) is 51.2 Å². The summed E-state index contributed by atoms with van der Waals surface area (Å²) in [5, 5.41) is 10.3. The molecule has 0 spiro atoms. The first-order valence-corrected chi connectivity index (χ1v) is 8.40. The predicted molar refractivity (Wildman–Crippen MR) is 86.2 cm³/mol. The maximum absolute atomic E-state index is 12.3. The van der Waals surface area contributed by atoms with Gasteiger partial charge in [0.2, 0.25) is 5.91 Å². The molecule has 3 heterocycles. The zero-order valence-electron chi connectivity index (χ0n) is 14.0. The molecule has 0 bridgehead atoms. The van der Waals surface area contributed by atoms with Crippen molar-refractivity contribution in [2.24, 2.45) is 0 Å². The molecule has 3 rings (SSSR count). The number of amides is 3. The number of carbonyl (C=O) groups excluding carboxylic acids is 3. The summed E-state index contributed by atoms with van der Waals surface area (Å²) in [6, 6.07) is 0.885. The topological polar surface area (TPSA) is 96.3 Å². The Kier molecular flexibility index (Phi) is 4.66. The summed E-state index contributed by atoms with van der Waals surface area (Å²) >= 11 is 0. The monoisotopic (exact) mass is 333 g/mol. The third kappa shape index (κ3) is 3.19. The van der Waals surface area contributed by atoms with Gasteiger partial charge in [-0.1, -0.05) is 0 Å². The average Bonchev–Trinajstić information content (AvgIpc) is 3.14. The Morgan fingerprint density at radius 1 is 1.42 bits per heavy atom. The van der Waals surface area contributed by atoms with Crippen LogP contribution in [0.15, 0.2) is 12.3 Å². The Morgan fingerprint density at radius 2 is 2.21 bits per heavy atom. The minimum atomic E-state index is -0.797. The maximum atomic E-state index is 12.3. The molecule has 2 fully saturated rings. The van der Waals surface area contributed by atoms with E-state index in [1.54, 1.807) is 30.8 Å². The largest absolute Gasteiger partial charge is 0.338 e. The molecule has 0 aromatic carbocycles. The van der Waals surface area contributed by atoms with Gasteiger partial charge in [-0.25, -0.2) is 0 Å². The molecule has 1 aromatic rings. The molecule has 1 aromatic heterocycles. The van der Waals surface area contributed by atoms with E-state index in [0.717, 1.165) is 25.9 Å². The highest BCUT2D eigenvalue weighted by molar-refractivity contribution is 6.08. The van der Waals surface area contributed by atoms with Crippen molar-refractivity contribution < 1.29 is 14.4 Å². The Bertz CT molecular complexity index is 648. The number of rotatable bonds is 4. The number of imide groups is 1.